The maximum absolute atomic E-state index is 12.2. The van der Waals surface area contributed by atoms with E-state index in [1.807, 2.05) is 6.07 Å². The molecule has 3 aromatic rings. The maximum atomic E-state index is 12.2. The Morgan fingerprint density at radius 2 is 1.64 bits per heavy atom. The summed E-state index contributed by atoms with van der Waals surface area (Å²) in [6, 6.07) is 16.9. The Bertz CT molecular complexity index is 986. The Kier molecular flexibility index (Phi) is 5.16. The Morgan fingerprint density at radius 3 is 2.36 bits per heavy atom. The van der Waals surface area contributed by atoms with Crippen LogP contribution in [0.2, 0.25) is 10.0 Å². The van der Waals surface area contributed by atoms with Gasteiger partial charge in [-0.05, 0) is 24.3 Å². The molecule has 0 saturated heterocycles. The lowest BCUT2D eigenvalue weighted by molar-refractivity contribution is -0.117. The number of anilines is 1. The number of para-hydroxylation sites is 1. The van der Waals surface area contributed by atoms with E-state index in [1.165, 1.54) is 6.07 Å². The Balaban J connectivity index is 1.84. The van der Waals surface area contributed by atoms with Gasteiger partial charge in [-0.3, -0.25) is 9.59 Å². The Labute approximate surface area is 153 Å². The van der Waals surface area contributed by atoms with Crippen LogP contribution in [0.15, 0.2) is 65.5 Å². The smallest absolute Gasteiger partial charge is 0.267 e. The Morgan fingerprint density at radius 1 is 0.960 bits per heavy atom. The molecule has 0 aliphatic rings. The highest BCUT2D eigenvalue weighted by Gasteiger charge is 2.11. The minimum atomic E-state index is -0.404. The summed E-state index contributed by atoms with van der Waals surface area (Å²) >= 11 is 12.2. The first-order chi connectivity index (χ1) is 12.0. The number of nitrogens with zero attached hydrogens (tertiary/aromatic N) is 2. The van der Waals surface area contributed by atoms with Crippen molar-refractivity contribution < 1.29 is 4.79 Å². The zero-order chi connectivity index (χ0) is 17.8. The number of rotatable bonds is 4. The summed E-state index contributed by atoms with van der Waals surface area (Å²) in [4.78, 5) is 24.2. The van der Waals surface area contributed by atoms with Crippen molar-refractivity contribution in [3.63, 3.8) is 0 Å². The number of carbonyl (C=O) groups excluding carboxylic acids is 1. The second-order valence-corrected chi connectivity index (χ2v) is 6.04. The lowest BCUT2D eigenvalue weighted by atomic mass is 10.1. The molecule has 5 nitrogen and oxygen atoms in total. The van der Waals surface area contributed by atoms with Crippen LogP contribution >= 0.6 is 23.2 Å². The molecule has 0 atom stereocenters. The molecular formula is C18H13Cl2N3O2. The van der Waals surface area contributed by atoms with E-state index in [0.717, 1.165) is 4.68 Å². The fourth-order valence-electron chi connectivity index (χ4n) is 2.26. The number of halogens is 2. The second-order valence-electron chi connectivity index (χ2n) is 5.22. The van der Waals surface area contributed by atoms with E-state index in [9.17, 15) is 9.59 Å². The Hall–Kier alpha value is -2.63. The standard InChI is InChI=1S/C18H13Cl2N3O2/c19-13-6-2-1-5-12(13)15-9-10-18(25)23(22-15)11-17(24)21-16-8-4-3-7-14(16)20/h1-10H,11H2,(H,21,24). The van der Waals surface area contributed by atoms with Crippen molar-refractivity contribution in [1.29, 1.82) is 0 Å². The van der Waals surface area contributed by atoms with E-state index >= 15 is 0 Å². The van der Waals surface area contributed by atoms with Gasteiger partial charge < -0.3 is 5.32 Å². The number of aromatic nitrogens is 2. The third kappa shape index (κ3) is 4.07. The van der Waals surface area contributed by atoms with Crippen LogP contribution in [-0.4, -0.2) is 15.7 Å². The third-order valence-corrected chi connectivity index (χ3v) is 4.12. The monoisotopic (exact) mass is 373 g/mol. The van der Waals surface area contributed by atoms with E-state index in [1.54, 1.807) is 48.5 Å². The van der Waals surface area contributed by atoms with Crippen molar-refractivity contribution >= 4 is 34.8 Å². The van der Waals surface area contributed by atoms with E-state index in [2.05, 4.69) is 10.4 Å². The van der Waals surface area contributed by atoms with Crippen molar-refractivity contribution in [2.24, 2.45) is 0 Å². The van der Waals surface area contributed by atoms with Gasteiger partial charge in [-0.25, -0.2) is 4.68 Å². The molecule has 0 spiro atoms. The lowest BCUT2D eigenvalue weighted by Gasteiger charge is -2.09. The highest BCUT2D eigenvalue weighted by atomic mass is 35.5. The normalized spacial score (nSPS) is 10.5. The van der Waals surface area contributed by atoms with Crippen LogP contribution in [0, 0.1) is 0 Å². The molecule has 0 bridgehead atoms. The first kappa shape index (κ1) is 17.2. The molecule has 3 rings (SSSR count). The third-order valence-electron chi connectivity index (χ3n) is 3.46. The molecule has 7 heteroatoms. The van der Waals surface area contributed by atoms with Gasteiger partial charge in [0, 0.05) is 11.6 Å². The summed E-state index contributed by atoms with van der Waals surface area (Å²) in [5.41, 5.74) is 1.29. The van der Waals surface area contributed by atoms with E-state index in [-0.39, 0.29) is 12.1 Å². The number of hydrogen-bond acceptors (Lipinski definition) is 3. The molecule has 0 unspecified atom stereocenters. The van der Waals surface area contributed by atoms with E-state index < -0.39 is 5.91 Å². The number of hydrogen-bond donors (Lipinski definition) is 1. The van der Waals surface area contributed by atoms with Crippen LogP contribution in [0.1, 0.15) is 0 Å². The molecule has 1 N–H and O–H groups in total. The first-order valence-electron chi connectivity index (χ1n) is 7.42. The average Bonchev–Trinajstić information content (AvgIpc) is 2.59. The van der Waals surface area contributed by atoms with Gasteiger partial charge in [0.2, 0.25) is 5.91 Å². The van der Waals surface area contributed by atoms with Gasteiger partial charge in [0.05, 0.1) is 21.4 Å². The molecule has 1 heterocycles. The highest BCUT2D eigenvalue weighted by molar-refractivity contribution is 6.33. The van der Waals surface area contributed by atoms with Crippen LogP contribution in [0.4, 0.5) is 5.69 Å². The minimum absolute atomic E-state index is 0.234. The summed E-state index contributed by atoms with van der Waals surface area (Å²) in [6.07, 6.45) is 0. The largest absolute Gasteiger partial charge is 0.323 e. The van der Waals surface area contributed by atoms with Crippen LogP contribution in [-0.2, 0) is 11.3 Å². The second kappa shape index (κ2) is 7.51. The number of amides is 1. The lowest BCUT2D eigenvalue weighted by Crippen LogP contribution is -2.29. The van der Waals surface area contributed by atoms with E-state index in [4.69, 9.17) is 23.2 Å². The number of carbonyl (C=O) groups is 1. The molecule has 2 aromatic carbocycles. The van der Waals surface area contributed by atoms with Gasteiger partial charge in [-0.1, -0.05) is 53.5 Å². The highest BCUT2D eigenvalue weighted by Crippen LogP contribution is 2.25. The molecule has 0 fully saturated rings. The van der Waals surface area contributed by atoms with Crippen LogP contribution in [0.25, 0.3) is 11.3 Å². The number of nitrogens with one attached hydrogen (secondary N) is 1. The molecule has 25 heavy (non-hydrogen) atoms. The fourth-order valence-corrected chi connectivity index (χ4v) is 2.68. The van der Waals surface area contributed by atoms with Gasteiger partial charge in [-0.2, -0.15) is 5.10 Å². The number of benzene rings is 2. The van der Waals surface area contributed by atoms with Crippen molar-refractivity contribution in [3.8, 4) is 11.3 Å². The fraction of sp³-hybridized carbons (Fsp3) is 0.0556. The molecule has 0 aliphatic carbocycles. The van der Waals surface area contributed by atoms with Crippen LogP contribution in [0.5, 0.6) is 0 Å². The summed E-state index contributed by atoms with van der Waals surface area (Å²) in [6.45, 7) is -0.234. The topological polar surface area (TPSA) is 64.0 Å². The van der Waals surface area contributed by atoms with Gasteiger partial charge >= 0.3 is 0 Å². The van der Waals surface area contributed by atoms with Crippen LogP contribution in [0.3, 0.4) is 0 Å². The molecule has 0 saturated carbocycles. The van der Waals surface area contributed by atoms with Gasteiger partial charge in [0.25, 0.3) is 5.56 Å². The molecular weight excluding hydrogens is 361 g/mol. The van der Waals surface area contributed by atoms with Crippen LogP contribution < -0.4 is 10.9 Å². The van der Waals surface area contributed by atoms with Crippen molar-refractivity contribution in [3.05, 3.63) is 81.1 Å². The predicted octanol–water partition coefficient (Wildman–Crippen LogP) is 3.86. The average molecular weight is 374 g/mol. The SMILES string of the molecule is O=C(Cn1nc(-c2ccccc2Cl)ccc1=O)Nc1ccccc1Cl. The first-order valence-corrected chi connectivity index (χ1v) is 8.17. The van der Waals surface area contributed by atoms with Gasteiger partial charge in [0.15, 0.2) is 0 Å². The van der Waals surface area contributed by atoms with Crippen molar-refractivity contribution in [2.75, 3.05) is 5.32 Å². The van der Waals surface area contributed by atoms with E-state index in [0.29, 0.717) is 27.0 Å². The minimum Gasteiger partial charge on any atom is -0.323 e. The van der Waals surface area contributed by atoms with Gasteiger partial charge in [0.1, 0.15) is 6.54 Å². The summed E-state index contributed by atoms with van der Waals surface area (Å²) in [5, 5.41) is 7.83. The van der Waals surface area contributed by atoms with Crippen molar-refractivity contribution in [1.82, 2.24) is 9.78 Å². The zero-order valence-corrected chi connectivity index (χ0v) is 14.5. The van der Waals surface area contributed by atoms with Crippen molar-refractivity contribution in [2.45, 2.75) is 6.54 Å². The summed E-state index contributed by atoms with van der Waals surface area (Å²) in [5.74, 6) is -0.404. The molecule has 1 aromatic heterocycles. The maximum Gasteiger partial charge on any atom is 0.267 e. The summed E-state index contributed by atoms with van der Waals surface area (Å²) < 4.78 is 1.09. The zero-order valence-electron chi connectivity index (χ0n) is 12.9. The predicted molar refractivity (Wildman–Crippen MR) is 99.0 cm³/mol. The molecule has 126 valence electrons. The summed E-state index contributed by atoms with van der Waals surface area (Å²) in [7, 11) is 0. The quantitative estimate of drug-likeness (QED) is 0.755. The molecule has 0 radical (unpaired) electrons. The molecule has 1 amide bonds. The molecule has 0 aliphatic heterocycles. The van der Waals surface area contributed by atoms with Gasteiger partial charge in [-0.15, -0.1) is 0 Å².